The number of aliphatic carboxylic acids is 1. The molecule has 0 spiro atoms. The Kier molecular flexibility index (Phi) is 6.72. The first-order valence-electron chi connectivity index (χ1n) is 5.49. The molecule has 0 heterocycles. The van der Waals surface area contributed by atoms with E-state index in [9.17, 15) is 9.59 Å². The van der Waals surface area contributed by atoms with E-state index in [1.165, 1.54) is 0 Å². The van der Waals surface area contributed by atoms with Gasteiger partial charge in [0.05, 0.1) is 0 Å². The van der Waals surface area contributed by atoms with Crippen molar-refractivity contribution in [3.8, 4) is 0 Å². The number of amides is 1. The Hall–Kier alpha value is -1.10. The van der Waals surface area contributed by atoms with Crippen molar-refractivity contribution in [2.24, 2.45) is 5.92 Å². The van der Waals surface area contributed by atoms with Crippen molar-refractivity contribution < 1.29 is 14.7 Å². The highest BCUT2D eigenvalue weighted by Crippen LogP contribution is 2.05. The molecule has 1 atom stereocenters. The summed E-state index contributed by atoms with van der Waals surface area (Å²) in [5, 5.41) is 11.5. The number of rotatable bonds is 7. The number of carboxylic acid groups (broad SMARTS) is 1. The van der Waals surface area contributed by atoms with Crippen molar-refractivity contribution in [3.05, 3.63) is 0 Å². The molecule has 0 rings (SSSR count). The molecule has 0 aliphatic carbocycles. The molecule has 0 aliphatic rings. The number of carbonyl (C=O) groups is 2. The maximum absolute atomic E-state index is 11.4. The SMILES string of the molecule is CC(C)CC(NC(=O)CCN(C)C)C(=O)O. The maximum Gasteiger partial charge on any atom is 0.326 e. The number of hydrogen-bond donors (Lipinski definition) is 2. The zero-order valence-corrected chi connectivity index (χ0v) is 10.5. The molecule has 2 N–H and O–H groups in total. The topological polar surface area (TPSA) is 69.6 Å². The van der Waals surface area contributed by atoms with Crippen LogP contribution < -0.4 is 5.32 Å². The van der Waals surface area contributed by atoms with Gasteiger partial charge in [-0.2, -0.15) is 0 Å². The lowest BCUT2D eigenvalue weighted by Gasteiger charge is -2.17. The molecular weight excluding hydrogens is 208 g/mol. The Bertz CT molecular complexity index is 239. The Labute approximate surface area is 96.8 Å². The van der Waals surface area contributed by atoms with Gasteiger partial charge in [-0.3, -0.25) is 4.79 Å². The maximum atomic E-state index is 11.4. The van der Waals surface area contributed by atoms with Gasteiger partial charge in [0.1, 0.15) is 6.04 Å². The molecule has 0 radical (unpaired) electrons. The summed E-state index contributed by atoms with van der Waals surface area (Å²) in [6.07, 6.45) is 0.790. The van der Waals surface area contributed by atoms with Crippen LogP contribution in [0.1, 0.15) is 26.7 Å². The van der Waals surface area contributed by atoms with E-state index in [0.717, 1.165) is 0 Å². The van der Waals surface area contributed by atoms with Crippen molar-refractivity contribution >= 4 is 11.9 Å². The molecule has 0 aliphatic heterocycles. The predicted molar refractivity (Wildman–Crippen MR) is 62.2 cm³/mol. The van der Waals surface area contributed by atoms with Crippen LogP contribution in [-0.2, 0) is 9.59 Å². The van der Waals surface area contributed by atoms with E-state index in [4.69, 9.17) is 5.11 Å². The molecule has 1 unspecified atom stereocenters. The second-order valence-electron chi connectivity index (χ2n) is 4.64. The molecule has 0 fully saturated rings. The largest absolute Gasteiger partial charge is 0.480 e. The third-order valence-corrected chi connectivity index (χ3v) is 2.13. The van der Waals surface area contributed by atoms with E-state index in [-0.39, 0.29) is 11.8 Å². The van der Waals surface area contributed by atoms with Gasteiger partial charge in [-0.25, -0.2) is 4.79 Å². The van der Waals surface area contributed by atoms with Gasteiger partial charge in [0, 0.05) is 13.0 Å². The van der Waals surface area contributed by atoms with Crippen LogP contribution in [-0.4, -0.2) is 48.6 Å². The van der Waals surface area contributed by atoms with Gasteiger partial charge in [-0.05, 0) is 26.4 Å². The minimum atomic E-state index is -0.966. The van der Waals surface area contributed by atoms with Crippen LogP contribution in [0.3, 0.4) is 0 Å². The summed E-state index contributed by atoms with van der Waals surface area (Å²) in [5.74, 6) is -0.927. The smallest absolute Gasteiger partial charge is 0.326 e. The highest BCUT2D eigenvalue weighted by Gasteiger charge is 2.20. The quantitative estimate of drug-likeness (QED) is 0.670. The van der Waals surface area contributed by atoms with Crippen LogP contribution in [0.25, 0.3) is 0 Å². The minimum absolute atomic E-state index is 0.207. The lowest BCUT2D eigenvalue weighted by atomic mass is 10.0. The number of hydrogen-bond acceptors (Lipinski definition) is 3. The Morgan fingerprint density at radius 1 is 1.31 bits per heavy atom. The second kappa shape index (κ2) is 7.22. The number of nitrogens with zero attached hydrogens (tertiary/aromatic N) is 1. The third kappa shape index (κ3) is 7.23. The number of carboxylic acids is 1. The van der Waals surface area contributed by atoms with Crippen LogP contribution in [0, 0.1) is 5.92 Å². The molecule has 0 aromatic heterocycles. The summed E-state index contributed by atoms with van der Waals surface area (Å²) >= 11 is 0. The van der Waals surface area contributed by atoms with E-state index in [1.807, 2.05) is 32.8 Å². The number of carbonyl (C=O) groups excluding carboxylic acids is 1. The molecule has 0 saturated carbocycles. The molecule has 0 aromatic carbocycles. The van der Waals surface area contributed by atoms with E-state index >= 15 is 0 Å². The van der Waals surface area contributed by atoms with E-state index in [1.54, 1.807) is 0 Å². The minimum Gasteiger partial charge on any atom is -0.480 e. The standard InChI is InChI=1S/C11H22N2O3/c1-8(2)7-9(11(15)16)12-10(14)5-6-13(3)4/h8-9H,5-7H2,1-4H3,(H,12,14)(H,15,16). The molecule has 1 amide bonds. The van der Waals surface area contributed by atoms with Gasteiger partial charge in [-0.1, -0.05) is 13.8 Å². The average Bonchev–Trinajstić information content (AvgIpc) is 2.12. The molecule has 0 aromatic rings. The fourth-order valence-electron chi connectivity index (χ4n) is 1.28. The highest BCUT2D eigenvalue weighted by atomic mass is 16.4. The summed E-state index contributed by atoms with van der Waals surface area (Å²) in [7, 11) is 3.74. The van der Waals surface area contributed by atoms with E-state index < -0.39 is 12.0 Å². The van der Waals surface area contributed by atoms with Gasteiger partial charge < -0.3 is 15.3 Å². The summed E-state index contributed by atoms with van der Waals surface area (Å²) < 4.78 is 0. The van der Waals surface area contributed by atoms with Crippen molar-refractivity contribution in [3.63, 3.8) is 0 Å². The Balaban J connectivity index is 4.08. The summed E-state index contributed by atoms with van der Waals surface area (Å²) in [6, 6.07) is -0.769. The normalized spacial score (nSPS) is 12.9. The van der Waals surface area contributed by atoms with Gasteiger partial charge in [0.25, 0.3) is 0 Å². The van der Waals surface area contributed by atoms with Gasteiger partial charge in [0.2, 0.25) is 5.91 Å². The highest BCUT2D eigenvalue weighted by molar-refractivity contribution is 5.83. The summed E-state index contributed by atoms with van der Waals surface area (Å²) in [4.78, 5) is 24.2. The van der Waals surface area contributed by atoms with Gasteiger partial charge in [-0.15, -0.1) is 0 Å². The molecule has 5 nitrogen and oxygen atoms in total. The number of nitrogens with one attached hydrogen (secondary N) is 1. The monoisotopic (exact) mass is 230 g/mol. The zero-order valence-electron chi connectivity index (χ0n) is 10.5. The molecule has 16 heavy (non-hydrogen) atoms. The predicted octanol–water partition coefficient (Wildman–Crippen LogP) is 0.554. The van der Waals surface area contributed by atoms with Crippen molar-refractivity contribution in [2.75, 3.05) is 20.6 Å². The van der Waals surface area contributed by atoms with Crippen LogP contribution in [0.15, 0.2) is 0 Å². The van der Waals surface area contributed by atoms with Crippen LogP contribution in [0.5, 0.6) is 0 Å². The van der Waals surface area contributed by atoms with Crippen LogP contribution >= 0.6 is 0 Å². The first-order valence-corrected chi connectivity index (χ1v) is 5.49. The van der Waals surface area contributed by atoms with Crippen molar-refractivity contribution in [1.82, 2.24) is 10.2 Å². The fourth-order valence-corrected chi connectivity index (χ4v) is 1.28. The van der Waals surface area contributed by atoms with Crippen LogP contribution in [0.4, 0.5) is 0 Å². The van der Waals surface area contributed by atoms with Crippen molar-refractivity contribution in [2.45, 2.75) is 32.7 Å². The lowest BCUT2D eigenvalue weighted by Crippen LogP contribution is -2.42. The first kappa shape index (κ1) is 14.9. The van der Waals surface area contributed by atoms with Crippen LogP contribution in [0.2, 0.25) is 0 Å². The molecule has 0 saturated heterocycles. The zero-order chi connectivity index (χ0) is 12.7. The summed E-state index contributed by atoms with van der Waals surface area (Å²) in [5.41, 5.74) is 0. The lowest BCUT2D eigenvalue weighted by molar-refractivity contribution is -0.142. The van der Waals surface area contributed by atoms with Gasteiger partial charge >= 0.3 is 5.97 Å². The molecular formula is C11H22N2O3. The molecule has 5 heteroatoms. The van der Waals surface area contributed by atoms with E-state index in [0.29, 0.717) is 19.4 Å². The van der Waals surface area contributed by atoms with E-state index in [2.05, 4.69) is 5.32 Å². The first-order chi connectivity index (χ1) is 7.32. The average molecular weight is 230 g/mol. The van der Waals surface area contributed by atoms with Gasteiger partial charge in [0.15, 0.2) is 0 Å². The molecule has 0 bridgehead atoms. The second-order valence-corrected chi connectivity index (χ2v) is 4.64. The Morgan fingerprint density at radius 3 is 2.25 bits per heavy atom. The fraction of sp³-hybridized carbons (Fsp3) is 0.818. The third-order valence-electron chi connectivity index (χ3n) is 2.13. The molecule has 94 valence electrons. The Morgan fingerprint density at radius 2 is 1.88 bits per heavy atom. The van der Waals surface area contributed by atoms with Crippen molar-refractivity contribution in [1.29, 1.82) is 0 Å². The summed E-state index contributed by atoms with van der Waals surface area (Å²) in [6.45, 7) is 4.49.